The van der Waals surface area contributed by atoms with Gasteiger partial charge < -0.3 is 15.2 Å². The molecule has 5 heteroatoms. The fourth-order valence-electron chi connectivity index (χ4n) is 2.68. The molecule has 0 heterocycles. The van der Waals surface area contributed by atoms with Gasteiger partial charge in [0.1, 0.15) is 5.41 Å². The first-order valence-electron chi connectivity index (χ1n) is 6.29. The SMILES string of the molecule is CO[C@@]1(C)C[C@H](NC(=O)C2(C(=O)O)CC2)C1(C)C. The Balaban J connectivity index is 2.01. The number of carboxylic acids is 1. The van der Waals surface area contributed by atoms with Crippen molar-refractivity contribution in [1.29, 1.82) is 0 Å². The van der Waals surface area contributed by atoms with E-state index in [1.165, 1.54) is 0 Å². The van der Waals surface area contributed by atoms with Crippen molar-refractivity contribution in [3.8, 4) is 0 Å². The first kappa shape index (κ1) is 13.3. The Kier molecular flexibility index (Phi) is 2.74. The van der Waals surface area contributed by atoms with Crippen LogP contribution in [0.2, 0.25) is 0 Å². The van der Waals surface area contributed by atoms with Crippen molar-refractivity contribution in [3.63, 3.8) is 0 Å². The second-order valence-corrected chi connectivity index (χ2v) is 6.27. The topological polar surface area (TPSA) is 75.6 Å². The van der Waals surface area contributed by atoms with Gasteiger partial charge in [-0.3, -0.25) is 9.59 Å². The van der Waals surface area contributed by atoms with E-state index in [2.05, 4.69) is 5.32 Å². The maximum Gasteiger partial charge on any atom is 0.319 e. The molecule has 2 aliphatic rings. The largest absolute Gasteiger partial charge is 0.480 e. The number of ether oxygens (including phenoxy) is 1. The minimum Gasteiger partial charge on any atom is -0.480 e. The van der Waals surface area contributed by atoms with Gasteiger partial charge in [0.2, 0.25) is 5.91 Å². The van der Waals surface area contributed by atoms with Gasteiger partial charge in [-0.2, -0.15) is 0 Å². The predicted octanol–water partition coefficient (Wildman–Crippen LogP) is 1.17. The monoisotopic (exact) mass is 255 g/mol. The third-order valence-corrected chi connectivity index (χ3v) is 5.18. The quantitative estimate of drug-likeness (QED) is 0.739. The predicted molar refractivity (Wildman–Crippen MR) is 65.0 cm³/mol. The average molecular weight is 255 g/mol. The molecule has 2 saturated carbocycles. The molecule has 2 fully saturated rings. The third kappa shape index (κ3) is 1.56. The fourth-order valence-corrected chi connectivity index (χ4v) is 2.68. The number of hydrogen-bond acceptors (Lipinski definition) is 3. The first-order valence-corrected chi connectivity index (χ1v) is 6.29. The van der Waals surface area contributed by atoms with Crippen LogP contribution in [0, 0.1) is 10.8 Å². The summed E-state index contributed by atoms with van der Waals surface area (Å²) >= 11 is 0. The molecule has 2 N–H and O–H groups in total. The van der Waals surface area contributed by atoms with Gasteiger partial charge in [0.15, 0.2) is 0 Å². The Bertz CT molecular complexity index is 400. The van der Waals surface area contributed by atoms with E-state index in [4.69, 9.17) is 9.84 Å². The highest BCUT2D eigenvalue weighted by Gasteiger charge is 2.62. The van der Waals surface area contributed by atoms with E-state index in [-0.39, 0.29) is 23.0 Å². The van der Waals surface area contributed by atoms with Gasteiger partial charge in [-0.1, -0.05) is 13.8 Å². The second kappa shape index (κ2) is 3.70. The van der Waals surface area contributed by atoms with E-state index in [0.29, 0.717) is 12.8 Å². The van der Waals surface area contributed by atoms with Crippen LogP contribution in [0.5, 0.6) is 0 Å². The average Bonchev–Trinajstić information content (AvgIpc) is 3.09. The summed E-state index contributed by atoms with van der Waals surface area (Å²) in [6.45, 7) is 6.08. The first-order chi connectivity index (χ1) is 8.19. The highest BCUT2D eigenvalue weighted by atomic mass is 16.5. The zero-order valence-corrected chi connectivity index (χ0v) is 11.4. The summed E-state index contributed by atoms with van der Waals surface area (Å²) in [5.74, 6) is -1.35. The summed E-state index contributed by atoms with van der Waals surface area (Å²) in [4.78, 5) is 23.1. The maximum absolute atomic E-state index is 12.0. The van der Waals surface area contributed by atoms with Gasteiger partial charge in [-0.05, 0) is 26.2 Å². The number of hydrogen-bond donors (Lipinski definition) is 2. The van der Waals surface area contributed by atoms with Crippen LogP contribution in [-0.2, 0) is 14.3 Å². The molecule has 102 valence electrons. The van der Waals surface area contributed by atoms with Crippen LogP contribution < -0.4 is 5.32 Å². The van der Waals surface area contributed by atoms with Crippen molar-refractivity contribution in [2.75, 3.05) is 7.11 Å². The number of carbonyl (C=O) groups excluding carboxylic acids is 1. The smallest absolute Gasteiger partial charge is 0.319 e. The molecule has 0 bridgehead atoms. The normalized spacial score (nSPS) is 35.4. The summed E-state index contributed by atoms with van der Waals surface area (Å²) < 4.78 is 5.48. The minimum atomic E-state index is -1.16. The lowest BCUT2D eigenvalue weighted by Gasteiger charge is -2.59. The molecule has 0 saturated heterocycles. The molecule has 5 nitrogen and oxygen atoms in total. The number of nitrogens with one attached hydrogen (secondary N) is 1. The summed E-state index contributed by atoms with van der Waals surface area (Å²) in [6, 6.07) is -0.0215. The van der Waals surface area contributed by atoms with Gasteiger partial charge in [-0.15, -0.1) is 0 Å². The number of aliphatic carboxylic acids is 1. The number of rotatable bonds is 4. The lowest BCUT2D eigenvalue weighted by Crippen LogP contribution is -2.69. The van der Waals surface area contributed by atoms with Crippen molar-refractivity contribution >= 4 is 11.9 Å². The van der Waals surface area contributed by atoms with Gasteiger partial charge in [-0.25, -0.2) is 0 Å². The summed E-state index contributed by atoms with van der Waals surface area (Å²) in [7, 11) is 1.67. The molecule has 0 aliphatic heterocycles. The molecule has 0 spiro atoms. The number of carbonyl (C=O) groups is 2. The van der Waals surface area contributed by atoms with Crippen LogP contribution in [0.3, 0.4) is 0 Å². The zero-order valence-electron chi connectivity index (χ0n) is 11.4. The van der Waals surface area contributed by atoms with Crippen LogP contribution in [-0.4, -0.2) is 35.7 Å². The minimum absolute atomic E-state index is 0.0215. The van der Waals surface area contributed by atoms with Gasteiger partial charge >= 0.3 is 5.97 Å². The molecular weight excluding hydrogens is 234 g/mol. The molecule has 0 aromatic heterocycles. The Morgan fingerprint density at radius 3 is 2.17 bits per heavy atom. The Labute approximate surface area is 107 Å². The zero-order chi connectivity index (χ0) is 13.8. The van der Waals surface area contributed by atoms with Gasteiger partial charge in [0.05, 0.1) is 5.60 Å². The van der Waals surface area contributed by atoms with E-state index in [1.54, 1.807) is 7.11 Å². The lowest BCUT2D eigenvalue weighted by molar-refractivity contribution is -0.184. The van der Waals surface area contributed by atoms with Crippen LogP contribution >= 0.6 is 0 Å². The van der Waals surface area contributed by atoms with Gasteiger partial charge in [0, 0.05) is 18.6 Å². The standard InChI is InChI=1S/C13H21NO4/c1-11(2)8(7-12(11,3)18-4)14-9(15)13(5-6-13)10(16)17/h8H,5-7H2,1-4H3,(H,14,15)(H,16,17)/t8-,12-/m0/s1. The maximum atomic E-state index is 12.0. The molecule has 2 aliphatic carbocycles. The van der Waals surface area contributed by atoms with E-state index < -0.39 is 11.4 Å². The van der Waals surface area contributed by atoms with Crippen LogP contribution in [0.1, 0.15) is 40.0 Å². The Morgan fingerprint density at radius 1 is 1.28 bits per heavy atom. The fraction of sp³-hybridized carbons (Fsp3) is 0.846. The molecule has 2 atom stereocenters. The van der Waals surface area contributed by atoms with Crippen LogP contribution in [0.15, 0.2) is 0 Å². The molecule has 0 unspecified atom stereocenters. The second-order valence-electron chi connectivity index (χ2n) is 6.27. The van der Waals surface area contributed by atoms with Crippen molar-refractivity contribution < 1.29 is 19.4 Å². The van der Waals surface area contributed by atoms with Gasteiger partial charge in [0.25, 0.3) is 0 Å². The Hall–Kier alpha value is -1.10. The van der Waals surface area contributed by atoms with E-state index >= 15 is 0 Å². The van der Waals surface area contributed by atoms with Crippen molar-refractivity contribution in [2.45, 2.75) is 51.7 Å². The van der Waals surface area contributed by atoms with Crippen molar-refractivity contribution in [2.24, 2.45) is 10.8 Å². The molecular formula is C13H21NO4. The van der Waals surface area contributed by atoms with Crippen molar-refractivity contribution in [1.82, 2.24) is 5.32 Å². The lowest BCUT2D eigenvalue weighted by atomic mass is 9.55. The molecule has 0 radical (unpaired) electrons. The summed E-state index contributed by atoms with van der Waals surface area (Å²) in [6.07, 6.45) is 1.61. The van der Waals surface area contributed by atoms with Crippen LogP contribution in [0.25, 0.3) is 0 Å². The molecule has 0 aromatic carbocycles. The molecule has 2 rings (SSSR count). The highest BCUT2D eigenvalue weighted by molar-refractivity contribution is 6.05. The molecule has 1 amide bonds. The van der Waals surface area contributed by atoms with E-state index in [1.807, 2.05) is 20.8 Å². The number of amides is 1. The third-order valence-electron chi connectivity index (χ3n) is 5.18. The molecule has 18 heavy (non-hydrogen) atoms. The Morgan fingerprint density at radius 2 is 1.83 bits per heavy atom. The highest BCUT2D eigenvalue weighted by Crippen LogP contribution is 2.53. The molecule has 0 aromatic rings. The van der Waals surface area contributed by atoms with Crippen LogP contribution in [0.4, 0.5) is 0 Å². The summed E-state index contributed by atoms with van der Waals surface area (Å²) in [5, 5.41) is 12.0. The number of methoxy groups -OCH3 is 1. The van der Waals surface area contributed by atoms with Crippen molar-refractivity contribution in [3.05, 3.63) is 0 Å². The van der Waals surface area contributed by atoms with E-state index in [0.717, 1.165) is 6.42 Å². The van der Waals surface area contributed by atoms with E-state index in [9.17, 15) is 9.59 Å². The number of carboxylic acid groups (broad SMARTS) is 1. The summed E-state index contributed by atoms with van der Waals surface area (Å²) in [5.41, 5.74) is -1.61.